The summed E-state index contributed by atoms with van der Waals surface area (Å²) in [6, 6.07) is 4.63. The molecule has 0 fully saturated rings. The molecule has 0 saturated carbocycles. The van der Waals surface area contributed by atoms with Gasteiger partial charge in [-0.15, -0.1) is 0 Å². The number of rotatable bonds is 4. The minimum absolute atomic E-state index is 0.00473. The number of aliphatic hydroxyl groups is 1. The Balaban J connectivity index is 2.30. The van der Waals surface area contributed by atoms with Crippen LogP contribution in [-0.4, -0.2) is 16.2 Å². The Morgan fingerprint density at radius 2 is 1.90 bits per heavy atom. The van der Waals surface area contributed by atoms with E-state index in [0.29, 0.717) is 11.3 Å². The van der Waals surface area contributed by atoms with E-state index < -0.39 is 17.7 Å². The van der Waals surface area contributed by atoms with E-state index in [9.17, 15) is 13.9 Å². The van der Waals surface area contributed by atoms with Crippen LogP contribution in [-0.2, 0) is 0 Å². The summed E-state index contributed by atoms with van der Waals surface area (Å²) in [4.78, 5) is 3.95. The number of hydrogen-bond donors (Lipinski definition) is 1. The SMILES string of the molecule is CC(C)Oc1cncc(C(O)c2ccc(F)cc2F)c1. The molecule has 1 heterocycles. The number of halogens is 2. The monoisotopic (exact) mass is 279 g/mol. The predicted molar refractivity (Wildman–Crippen MR) is 70.4 cm³/mol. The lowest BCUT2D eigenvalue weighted by molar-refractivity contribution is 0.210. The Kier molecular flexibility index (Phi) is 4.29. The summed E-state index contributed by atoms with van der Waals surface area (Å²) < 4.78 is 32.0. The highest BCUT2D eigenvalue weighted by molar-refractivity contribution is 5.33. The van der Waals surface area contributed by atoms with Gasteiger partial charge in [0.25, 0.3) is 0 Å². The molecule has 1 aromatic heterocycles. The van der Waals surface area contributed by atoms with E-state index in [4.69, 9.17) is 4.74 Å². The minimum atomic E-state index is -1.22. The normalized spacial score (nSPS) is 12.5. The van der Waals surface area contributed by atoms with Crippen molar-refractivity contribution >= 4 is 0 Å². The average molecular weight is 279 g/mol. The highest BCUT2D eigenvalue weighted by atomic mass is 19.1. The molecule has 5 heteroatoms. The third-order valence-electron chi connectivity index (χ3n) is 2.68. The van der Waals surface area contributed by atoms with Gasteiger partial charge in [-0.1, -0.05) is 6.07 Å². The van der Waals surface area contributed by atoms with Crippen LogP contribution in [0.4, 0.5) is 8.78 Å². The van der Waals surface area contributed by atoms with Crippen molar-refractivity contribution in [2.24, 2.45) is 0 Å². The first-order valence-corrected chi connectivity index (χ1v) is 6.22. The average Bonchev–Trinajstić information content (AvgIpc) is 2.37. The topological polar surface area (TPSA) is 42.4 Å². The maximum absolute atomic E-state index is 13.6. The lowest BCUT2D eigenvalue weighted by Gasteiger charge is -2.14. The fraction of sp³-hybridized carbons (Fsp3) is 0.267. The zero-order valence-corrected chi connectivity index (χ0v) is 11.2. The Morgan fingerprint density at radius 3 is 2.55 bits per heavy atom. The Bertz CT molecular complexity index is 602. The molecule has 2 aromatic rings. The summed E-state index contributed by atoms with van der Waals surface area (Å²) in [5.74, 6) is -1.000. The van der Waals surface area contributed by atoms with Crippen LogP contribution < -0.4 is 4.74 Å². The van der Waals surface area contributed by atoms with Gasteiger partial charge in [0.2, 0.25) is 0 Å². The maximum atomic E-state index is 13.6. The highest BCUT2D eigenvalue weighted by Crippen LogP contribution is 2.26. The van der Waals surface area contributed by atoms with E-state index in [2.05, 4.69) is 4.98 Å². The molecule has 20 heavy (non-hydrogen) atoms. The van der Waals surface area contributed by atoms with Gasteiger partial charge in [0.1, 0.15) is 23.5 Å². The summed E-state index contributed by atoms with van der Waals surface area (Å²) in [5, 5.41) is 10.2. The van der Waals surface area contributed by atoms with Crippen LogP contribution in [0.25, 0.3) is 0 Å². The van der Waals surface area contributed by atoms with Gasteiger partial charge in [-0.3, -0.25) is 4.98 Å². The molecule has 1 atom stereocenters. The minimum Gasteiger partial charge on any atom is -0.489 e. The van der Waals surface area contributed by atoms with Crippen molar-refractivity contribution < 1.29 is 18.6 Å². The summed E-state index contributed by atoms with van der Waals surface area (Å²) >= 11 is 0. The van der Waals surface area contributed by atoms with Crippen LogP contribution in [0, 0.1) is 11.6 Å². The number of aliphatic hydroxyl groups excluding tert-OH is 1. The van der Waals surface area contributed by atoms with Crippen molar-refractivity contribution in [3.63, 3.8) is 0 Å². The first-order valence-electron chi connectivity index (χ1n) is 6.22. The Labute approximate surface area is 115 Å². The first kappa shape index (κ1) is 14.4. The molecule has 0 bridgehead atoms. The van der Waals surface area contributed by atoms with Crippen LogP contribution in [0.2, 0.25) is 0 Å². The third kappa shape index (κ3) is 3.30. The number of benzene rings is 1. The standard InChI is InChI=1S/C15H15F2NO2/c1-9(2)20-12-5-10(7-18-8-12)15(19)13-4-3-11(16)6-14(13)17/h3-9,15,19H,1-2H3. The number of ether oxygens (including phenoxy) is 1. The second-order valence-electron chi connectivity index (χ2n) is 4.69. The molecule has 0 spiro atoms. The van der Waals surface area contributed by atoms with Gasteiger partial charge in [0.05, 0.1) is 12.3 Å². The van der Waals surface area contributed by atoms with Gasteiger partial charge in [0.15, 0.2) is 0 Å². The molecule has 0 aliphatic heterocycles. The largest absolute Gasteiger partial charge is 0.489 e. The van der Waals surface area contributed by atoms with Gasteiger partial charge in [-0.25, -0.2) is 8.78 Å². The molecule has 2 rings (SSSR count). The fourth-order valence-electron chi connectivity index (χ4n) is 1.82. The second-order valence-corrected chi connectivity index (χ2v) is 4.69. The Morgan fingerprint density at radius 1 is 1.15 bits per heavy atom. The molecule has 1 unspecified atom stereocenters. The summed E-state index contributed by atoms with van der Waals surface area (Å²) in [5.41, 5.74) is 0.378. The quantitative estimate of drug-likeness (QED) is 0.934. The van der Waals surface area contributed by atoms with Gasteiger partial charge < -0.3 is 9.84 Å². The predicted octanol–water partition coefficient (Wildman–Crippen LogP) is 3.23. The van der Waals surface area contributed by atoms with E-state index in [1.807, 2.05) is 13.8 Å². The fourth-order valence-corrected chi connectivity index (χ4v) is 1.82. The Hall–Kier alpha value is -2.01. The van der Waals surface area contributed by atoms with Crippen LogP contribution in [0.5, 0.6) is 5.75 Å². The zero-order chi connectivity index (χ0) is 14.7. The summed E-state index contributed by atoms with van der Waals surface area (Å²) in [7, 11) is 0. The summed E-state index contributed by atoms with van der Waals surface area (Å²) in [6.07, 6.45) is 1.67. The van der Waals surface area contributed by atoms with Crippen molar-refractivity contribution in [2.75, 3.05) is 0 Å². The second kappa shape index (κ2) is 5.96. The maximum Gasteiger partial charge on any atom is 0.138 e. The smallest absolute Gasteiger partial charge is 0.138 e. The van der Waals surface area contributed by atoms with Gasteiger partial charge in [-0.05, 0) is 26.0 Å². The van der Waals surface area contributed by atoms with Crippen LogP contribution >= 0.6 is 0 Å². The van der Waals surface area contributed by atoms with Crippen molar-refractivity contribution in [1.82, 2.24) is 4.98 Å². The van der Waals surface area contributed by atoms with E-state index in [0.717, 1.165) is 12.1 Å². The molecule has 3 nitrogen and oxygen atoms in total. The van der Waals surface area contributed by atoms with Crippen molar-refractivity contribution in [2.45, 2.75) is 26.1 Å². The van der Waals surface area contributed by atoms with Crippen LogP contribution in [0.1, 0.15) is 31.1 Å². The van der Waals surface area contributed by atoms with E-state index in [1.165, 1.54) is 18.5 Å². The van der Waals surface area contributed by atoms with E-state index in [1.54, 1.807) is 6.07 Å². The lowest BCUT2D eigenvalue weighted by Crippen LogP contribution is -2.08. The third-order valence-corrected chi connectivity index (χ3v) is 2.68. The molecule has 1 aromatic carbocycles. The number of hydrogen-bond acceptors (Lipinski definition) is 3. The first-order chi connectivity index (χ1) is 9.47. The van der Waals surface area contributed by atoms with Gasteiger partial charge >= 0.3 is 0 Å². The van der Waals surface area contributed by atoms with E-state index >= 15 is 0 Å². The van der Waals surface area contributed by atoms with E-state index in [-0.39, 0.29) is 11.7 Å². The van der Waals surface area contributed by atoms with Gasteiger partial charge in [-0.2, -0.15) is 0 Å². The number of nitrogens with zero attached hydrogens (tertiary/aromatic N) is 1. The summed E-state index contributed by atoms with van der Waals surface area (Å²) in [6.45, 7) is 3.73. The van der Waals surface area contributed by atoms with Crippen LogP contribution in [0.15, 0.2) is 36.7 Å². The van der Waals surface area contributed by atoms with Gasteiger partial charge in [0, 0.05) is 23.4 Å². The highest BCUT2D eigenvalue weighted by Gasteiger charge is 2.16. The van der Waals surface area contributed by atoms with Crippen molar-refractivity contribution in [3.05, 3.63) is 59.4 Å². The molecule has 0 aliphatic rings. The molecule has 0 saturated heterocycles. The molecular formula is C15H15F2NO2. The zero-order valence-electron chi connectivity index (χ0n) is 11.2. The van der Waals surface area contributed by atoms with Crippen molar-refractivity contribution in [1.29, 1.82) is 0 Å². The molecule has 0 aliphatic carbocycles. The molecule has 1 N–H and O–H groups in total. The number of pyridine rings is 1. The molecular weight excluding hydrogens is 264 g/mol. The molecule has 106 valence electrons. The van der Waals surface area contributed by atoms with Crippen molar-refractivity contribution in [3.8, 4) is 5.75 Å². The molecule has 0 radical (unpaired) electrons. The van der Waals surface area contributed by atoms with Crippen LogP contribution in [0.3, 0.4) is 0 Å². The lowest BCUT2D eigenvalue weighted by atomic mass is 10.0. The molecule has 0 amide bonds. The number of aromatic nitrogens is 1.